The summed E-state index contributed by atoms with van der Waals surface area (Å²) in [6.45, 7) is 5.48. The second-order valence-corrected chi connectivity index (χ2v) is 5.29. The largest absolute Gasteiger partial charge is 0.507 e. The third-order valence-electron chi connectivity index (χ3n) is 3.42. The summed E-state index contributed by atoms with van der Waals surface area (Å²) in [7, 11) is 0. The molecule has 0 amide bonds. The van der Waals surface area contributed by atoms with Crippen molar-refractivity contribution in [3.8, 4) is 5.75 Å². The molecule has 0 aromatic heterocycles. The minimum absolute atomic E-state index is 0.207. The average Bonchev–Trinajstić information content (AvgIpc) is 2.41. The van der Waals surface area contributed by atoms with Crippen LogP contribution in [-0.2, 0) is 4.79 Å². The first kappa shape index (κ1) is 14.9. The molecule has 0 heterocycles. The zero-order valence-corrected chi connectivity index (χ0v) is 12.3. The van der Waals surface area contributed by atoms with Crippen molar-refractivity contribution in [1.29, 1.82) is 0 Å². The summed E-state index contributed by atoms with van der Waals surface area (Å²) < 4.78 is 0. The van der Waals surface area contributed by atoms with Crippen molar-refractivity contribution in [2.24, 2.45) is 0 Å². The van der Waals surface area contributed by atoms with Crippen LogP contribution >= 0.6 is 0 Å². The molecule has 3 N–H and O–H groups in total. The molecule has 2 aromatic rings. The molecule has 0 spiro atoms. The van der Waals surface area contributed by atoms with Gasteiger partial charge in [-0.1, -0.05) is 12.1 Å². The number of phenolic OH excluding ortho intramolecular Hbond substituents is 1. The zero-order chi connectivity index (χ0) is 15.6. The maximum atomic E-state index is 11.6. The number of anilines is 1. The predicted octanol–water partition coefficient (Wildman–Crippen LogP) is 3.56. The average molecular weight is 285 g/mol. The van der Waals surface area contributed by atoms with E-state index in [1.54, 1.807) is 26.0 Å². The Bertz CT molecular complexity index is 656. The van der Waals surface area contributed by atoms with E-state index in [0.717, 1.165) is 11.3 Å². The van der Waals surface area contributed by atoms with Gasteiger partial charge in [0.15, 0.2) is 6.04 Å². The number of aryl methyl sites for hydroxylation is 3. The lowest BCUT2D eigenvalue weighted by Gasteiger charge is -2.18. The van der Waals surface area contributed by atoms with Crippen LogP contribution in [0.5, 0.6) is 5.75 Å². The lowest BCUT2D eigenvalue weighted by molar-refractivity contribution is -0.138. The van der Waals surface area contributed by atoms with Crippen LogP contribution in [0.15, 0.2) is 36.4 Å². The van der Waals surface area contributed by atoms with Crippen LogP contribution in [0.2, 0.25) is 0 Å². The van der Waals surface area contributed by atoms with Crippen LogP contribution < -0.4 is 5.32 Å². The molecule has 21 heavy (non-hydrogen) atoms. The number of rotatable bonds is 4. The number of carboxylic acid groups (broad SMARTS) is 1. The van der Waals surface area contributed by atoms with Crippen molar-refractivity contribution in [1.82, 2.24) is 0 Å². The van der Waals surface area contributed by atoms with Gasteiger partial charge in [0.05, 0.1) is 0 Å². The molecule has 0 aliphatic rings. The first-order valence-electron chi connectivity index (χ1n) is 6.74. The summed E-state index contributed by atoms with van der Waals surface area (Å²) in [5.41, 5.74) is 3.77. The minimum atomic E-state index is -0.957. The van der Waals surface area contributed by atoms with Gasteiger partial charge in [0, 0.05) is 5.69 Å². The maximum absolute atomic E-state index is 11.6. The standard InChI is InChI=1S/C17H19NO3/c1-10-5-4-6-14(7-10)18-15(17(20)21)13-8-11(2)16(19)12(3)9-13/h4-9,15,18-19H,1-3H3,(H,20,21). The monoisotopic (exact) mass is 285 g/mol. The van der Waals surface area contributed by atoms with Crippen LogP contribution in [0.4, 0.5) is 5.69 Å². The summed E-state index contributed by atoms with van der Waals surface area (Å²) in [4.78, 5) is 11.6. The van der Waals surface area contributed by atoms with E-state index in [0.29, 0.717) is 16.7 Å². The number of carbonyl (C=O) groups is 1. The van der Waals surface area contributed by atoms with Gasteiger partial charge in [-0.05, 0) is 67.3 Å². The summed E-state index contributed by atoms with van der Waals surface area (Å²) in [5.74, 6) is -0.751. The van der Waals surface area contributed by atoms with E-state index in [1.807, 2.05) is 31.2 Å². The molecule has 0 bridgehead atoms. The molecule has 4 heteroatoms. The van der Waals surface area contributed by atoms with Crippen molar-refractivity contribution in [3.05, 3.63) is 58.7 Å². The zero-order valence-electron chi connectivity index (χ0n) is 12.3. The SMILES string of the molecule is Cc1cccc(NC(C(=O)O)c2cc(C)c(O)c(C)c2)c1. The highest BCUT2D eigenvalue weighted by atomic mass is 16.4. The molecule has 0 aliphatic heterocycles. The molecule has 4 nitrogen and oxygen atoms in total. The summed E-state index contributed by atoms with van der Waals surface area (Å²) in [5, 5.41) is 22.3. The Balaban J connectivity index is 2.38. The number of carboxylic acids is 1. The third kappa shape index (κ3) is 3.34. The number of aliphatic carboxylic acids is 1. The Morgan fingerprint density at radius 1 is 1.10 bits per heavy atom. The highest BCUT2D eigenvalue weighted by Gasteiger charge is 2.21. The van der Waals surface area contributed by atoms with Crippen molar-refractivity contribution in [2.75, 3.05) is 5.32 Å². The summed E-state index contributed by atoms with van der Waals surface area (Å²) >= 11 is 0. The van der Waals surface area contributed by atoms with Gasteiger partial charge in [-0.15, -0.1) is 0 Å². The van der Waals surface area contributed by atoms with E-state index in [9.17, 15) is 15.0 Å². The molecule has 2 rings (SSSR count). The van der Waals surface area contributed by atoms with Gasteiger partial charge in [0.25, 0.3) is 0 Å². The molecule has 1 atom stereocenters. The van der Waals surface area contributed by atoms with Crippen molar-refractivity contribution in [2.45, 2.75) is 26.8 Å². The molecule has 0 saturated carbocycles. The van der Waals surface area contributed by atoms with Crippen molar-refractivity contribution < 1.29 is 15.0 Å². The van der Waals surface area contributed by atoms with Gasteiger partial charge in [-0.3, -0.25) is 0 Å². The smallest absolute Gasteiger partial charge is 0.330 e. The Kier molecular flexibility index (Phi) is 4.17. The second kappa shape index (κ2) is 5.87. The lowest BCUT2D eigenvalue weighted by Crippen LogP contribution is -2.20. The fraction of sp³-hybridized carbons (Fsp3) is 0.235. The normalized spacial score (nSPS) is 12.0. The Labute approximate surface area is 124 Å². The van der Waals surface area contributed by atoms with Gasteiger partial charge in [-0.2, -0.15) is 0 Å². The number of benzene rings is 2. The number of hydrogen-bond acceptors (Lipinski definition) is 3. The van der Waals surface area contributed by atoms with Crippen molar-refractivity contribution >= 4 is 11.7 Å². The number of aromatic hydroxyl groups is 1. The van der Waals surface area contributed by atoms with E-state index in [4.69, 9.17) is 0 Å². The first-order chi connectivity index (χ1) is 9.88. The topological polar surface area (TPSA) is 69.6 Å². The summed E-state index contributed by atoms with van der Waals surface area (Å²) in [6.07, 6.45) is 0. The molecule has 0 aliphatic carbocycles. The van der Waals surface area contributed by atoms with Crippen LogP contribution in [0.3, 0.4) is 0 Å². The van der Waals surface area contributed by atoms with Crippen LogP contribution in [-0.4, -0.2) is 16.2 Å². The molecule has 0 saturated heterocycles. The molecular weight excluding hydrogens is 266 g/mol. The number of hydrogen-bond donors (Lipinski definition) is 3. The third-order valence-corrected chi connectivity index (χ3v) is 3.42. The van der Waals surface area contributed by atoms with E-state index < -0.39 is 12.0 Å². The Morgan fingerprint density at radius 2 is 1.71 bits per heavy atom. The highest BCUT2D eigenvalue weighted by molar-refractivity contribution is 5.79. The molecular formula is C17H19NO3. The van der Waals surface area contributed by atoms with E-state index >= 15 is 0 Å². The van der Waals surface area contributed by atoms with Crippen LogP contribution in [0.25, 0.3) is 0 Å². The van der Waals surface area contributed by atoms with E-state index in [-0.39, 0.29) is 5.75 Å². The van der Waals surface area contributed by atoms with Crippen molar-refractivity contribution in [3.63, 3.8) is 0 Å². The second-order valence-electron chi connectivity index (χ2n) is 5.29. The quantitative estimate of drug-likeness (QED) is 0.803. The number of nitrogens with one attached hydrogen (secondary N) is 1. The first-order valence-corrected chi connectivity index (χ1v) is 6.74. The molecule has 0 fully saturated rings. The Hall–Kier alpha value is -2.49. The van der Waals surface area contributed by atoms with Gasteiger partial charge >= 0.3 is 5.97 Å². The van der Waals surface area contributed by atoms with E-state index in [2.05, 4.69) is 5.32 Å². The molecule has 0 radical (unpaired) electrons. The minimum Gasteiger partial charge on any atom is -0.507 e. The highest BCUT2D eigenvalue weighted by Crippen LogP contribution is 2.28. The fourth-order valence-corrected chi connectivity index (χ4v) is 2.35. The maximum Gasteiger partial charge on any atom is 0.330 e. The molecule has 110 valence electrons. The fourth-order valence-electron chi connectivity index (χ4n) is 2.35. The molecule has 1 unspecified atom stereocenters. The van der Waals surface area contributed by atoms with Crippen LogP contribution in [0.1, 0.15) is 28.3 Å². The molecule has 2 aromatic carbocycles. The van der Waals surface area contributed by atoms with Gasteiger partial charge in [-0.25, -0.2) is 4.79 Å². The lowest BCUT2D eigenvalue weighted by atomic mass is 10.00. The number of phenols is 1. The van der Waals surface area contributed by atoms with Gasteiger partial charge in [0.1, 0.15) is 5.75 Å². The van der Waals surface area contributed by atoms with E-state index in [1.165, 1.54) is 0 Å². The predicted molar refractivity (Wildman–Crippen MR) is 82.8 cm³/mol. The van der Waals surface area contributed by atoms with Gasteiger partial charge < -0.3 is 15.5 Å². The van der Waals surface area contributed by atoms with Crippen LogP contribution in [0, 0.1) is 20.8 Å². The Morgan fingerprint density at radius 3 is 2.24 bits per heavy atom. The summed E-state index contributed by atoms with van der Waals surface area (Å²) in [6, 6.07) is 10.1. The van der Waals surface area contributed by atoms with Gasteiger partial charge in [0.2, 0.25) is 0 Å².